The molecule has 91 heavy (non-hydrogen) atoms. The molecule has 0 saturated carbocycles. The van der Waals surface area contributed by atoms with Gasteiger partial charge < -0.3 is 28.7 Å². The van der Waals surface area contributed by atoms with E-state index in [0.29, 0.717) is 59.1 Å². The number of rotatable bonds is 9. The first-order valence-electron chi connectivity index (χ1n) is 29.2. The van der Waals surface area contributed by atoms with Crippen molar-refractivity contribution >= 4 is 97.8 Å². The molecule has 0 bridgehead atoms. The molecule has 5 aromatic heterocycles. The molecular formula is C61H75ClF3N13O10S3. The molecule has 0 fully saturated rings. The van der Waals surface area contributed by atoms with E-state index in [0.717, 1.165) is 76.8 Å². The van der Waals surface area contributed by atoms with Gasteiger partial charge in [0.2, 0.25) is 11.2 Å². The smallest absolute Gasteiger partial charge is 0.434 e. The van der Waals surface area contributed by atoms with E-state index in [4.69, 9.17) is 26.3 Å². The van der Waals surface area contributed by atoms with Crippen molar-refractivity contribution in [3.63, 3.8) is 0 Å². The van der Waals surface area contributed by atoms with Gasteiger partial charge in [-0.15, -0.1) is 0 Å². The lowest BCUT2D eigenvalue weighted by Crippen LogP contribution is -2.46. The standard InChI is InChI=1S/C21H25N5O3S.C19H27N3O4S.C14H19N3O2S.C7H4ClF3N2O/c1-12(2)19-20-24-17-7-6-15(30(5,28)29)10-18(17)25(20)8-9-26(19)21-22-11-16(14(4)27)13(3)23-21;1-12(2)16-17-20-14-8-7-13(27(6,24)25)11-15(14)21(17)9-10-22(16)18(23)26-19(3,4)5;1-9(2)13-14-16-11-5-4-10(20(3,18)19)8-12(11)17(14)7-6-15-13;1-3(14)4-2-12-6(8)13-5(4)7(9,10)11/h6-7,10-12,19H,8-9H2,1-5H3;7-8,11-12,16H,9-10H2,1-6H3;4-5,8-9,13,15H,6-7H2,1-3H3;2H,1H3. The highest BCUT2D eigenvalue weighted by molar-refractivity contribution is 7.91. The average Bonchev–Trinajstić information content (AvgIpc) is 1.64. The minimum atomic E-state index is -4.70. The van der Waals surface area contributed by atoms with Crippen molar-refractivity contribution in [1.29, 1.82) is 0 Å². The Bertz CT molecular complexity index is 4490. The molecule has 0 spiro atoms. The number of nitrogens with one attached hydrogen (secondary N) is 1. The molecule has 1 N–H and O–H groups in total. The van der Waals surface area contributed by atoms with Crippen molar-refractivity contribution in [2.45, 2.75) is 147 Å². The van der Waals surface area contributed by atoms with E-state index in [2.05, 4.69) is 72.0 Å². The summed E-state index contributed by atoms with van der Waals surface area (Å²) in [5, 5.41) is 2.94. The van der Waals surface area contributed by atoms with Crippen molar-refractivity contribution in [2.24, 2.45) is 17.8 Å². The van der Waals surface area contributed by atoms with Gasteiger partial charge in [0.1, 0.15) is 23.1 Å². The fraction of sp³-hybridized carbons (Fsp3) is 0.475. The van der Waals surface area contributed by atoms with Crippen LogP contribution in [0.15, 0.2) is 81.7 Å². The molecule has 8 aromatic rings. The van der Waals surface area contributed by atoms with Gasteiger partial charge in [-0.1, -0.05) is 41.5 Å². The summed E-state index contributed by atoms with van der Waals surface area (Å²) in [4.78, 5) is 69.6. The number of anilines is 1. The molecule has 30 heteroatoms. The highest BCUT2D eigenvalue weighted by atomic mass is 35.5. The Morgan fingerprint density at radius 3 is 1.45 bits per heavy atom. The lowest BCUT2D eigenvalue weighted by atomic mass is 10.00. The molecule has 3 aromatic carbocycles. The molecule has 3 unspecified atom stereocenters. The third-order valence-electron chi connectivity index (χ3n) is 15.4. The van der Waals surface area contributed by atoms with Crippen molar-refractivity contribution in [2.75, 3.05) is 43.3 Å². The van der Waals surface area contributed by atoms with Crippen LogP contribution < -0.4 is 10.2 Å². The van der Waals surface area contributed by atoms with Crippen LogP contribution in [0.5, 0.6) is 0 Å². The van der Waals surface area contributed by atoms with Crippen LogP contribution in [0.3, 0.4) is 0 Å². The number of carbonyl (C=O) groups excluding carboxylic acids is 3. The quantitative estimate of drug-likeness (QED) is 0.104. The topological polar surface area (TPSA) is 286 Å². The van der Waals surface area contributed by atoms with Crippen LogP contribution in [0.2, 0.25) is 5.28 Å². The lowest BCUT2D eigenvalue weighted by molar-refractivity contribution is -0.141. The minimum absolute atomic E-state index is 0.0541. The van der Waals surface area contributed by atoms with Gasteiger partial charge in [-0.2, -0.15) is 13.2 Å². The number of ether oxygens (including phenoxy) is 1. The number of halogens is 4. The largest absolute Gasteiger partial charge is 0.444 e. The molecule has 0 radical (unpaired) electrons. The summed E-state index contributed by atoms with van der Waals surface area (Å²) in [6.45, 7) is 26.5. The van der Waals surface area contributed by atoms with Crippen molar-refractivity contribution < 1.29 is 57.5 Å². The third kappa shape index (κ3) is 15.4. The number of hydrogen-bond donors (Lipinski definition) is 1. The Kier molecular flexibility index (Phi) is 20.0. The predicted octanol–water partition coefficient (Wildman–Crippen LogP) is 10.4. The summed E-state index contributed by atoms with van der Waals surface area (Å²) in [7, 11) is -9.78. The van der Waals surface area contributed by atoms with E-state index < -0.39 is 63.6 Å². The van der Waals surface area contributed by atoms with Gasteiger partial charge in [0, 0.05) is 70.4 Å². The second-order valence-corrected chi connectivity index (χ2v) is 31.1. The second-order valence-electron chi connectivity index (χ2n) is 24.7. The number of carbonyl (C=O) groups is 3. The molecular weight excluding hydrogens is 1260 g/mol. The summed E-state index contributed by atoms with van der Waals surface area (Å²) in [5.74, 6) is 3.19. The highest BCUT2D eigenvalue weighted by Crippen LogP contribution is 2.39. The Morgan fingerprint density at radius 2 is 1.03 bits per heavy atom. The Balaban J connectivity index is 0.000000162. The molecule has 3 aliphatic rings. The van der Waals surface area contributed by atoms with Crippen molar-refractivity contribution in [1.82, 2.24) is 58.8 Å². The van der Waals surface area contributed by atoms with Crippen LogP contribution in [0.25, 0.3) is 33.1 Å². The van der Waals surface area contributed by atoms with Gasteiger partial charge in [0.05, 0.1) is 82.7 Å². The minimum Gasteiger partial charge on any atom is -0.444 e. The number of fused-ring (bicyclic) bond motifs is 9. The van der Waals surface area contributed by atoms with Crippen molar-refractivity contribution in [3.05, 3.63) is 112 Å². The number of Topliss-reactive ketones (excluding diaryl/α,β-unsaturated/α-hetero) is 2. The molecule has 23 nitrogen and oxygen atoms in total. The Morgan fingerprint density at radius 1 is 0.593 bits per heavy atom. The zero-order valence-corrected chi connectivity index (χ0v) is 56.4. The number of ketones is 2. The number of amides is 1. The monoisotopic (exact) mass is 1340 g/mol. The number of aryl methyl sites for hydroxylation is 1. The third-order valence-corrected chi connectivity index (χ3v) is 18.9. The van der Waals surface area contributed by atoms with Crippen LogP contribution in [-0.4, -0.2) is 140 Å². The van der Waals surface area contributed by atoms with Crippen LogP contribution in [0.4, 0.5) is 23.9 Å². The van der Waals surface area contributed by atoms with E-state index in [1.807, 2.05) is 46.1 Å². The summed E-state index contributed by atoms with van der Waals surface area (Å²) in [6.07, 6.45) is 0.950. The highest BCUT2D eigenvalue weighted by Gasteiger charge is 2.40. The molecule has 0 saturated heterocycles. The number of nitrogens with zero attached hydrogens (tertiary/aromatic N) is 12. The molecule has 11 rings (SSSR count). The number of hydrogen-bond acceptors (Lipinski definition) is 19. The van der Waals surface area contributed by atoms with E-state index in [-0.39, 0.29) is 46.7 Å². The first-order valence-corrected chi connectivity index (χ1v) is 35.3. The van der Waals surface area contributed by atoms with Gasteiger partial charge in [0.15, 0.2) is 46.8 Å². The van der Waals surface area contributed by atoms with Gasteiger partial charge in [-0.05, 0) is 125 Å². The van der Waals surface area contributed by atoms with Crippen LogP contribution in [0, 0.1) is 24.7 Å². The molecule has 490 valence electrons. The number of alkyl halides is 3. The van der Waals surface area contributed by atoms with E-state index >= 15 is 0 Å². The van der Waals surface area contributed by atoms with Gasteiger partial charge >= 0.3 is 12.3 Å². The van der Waals surface area contributed by atoms with Crippen LogP contribution >= 0.6 is 11.6 Å². The van der Waals surface area contributed by atoms with Crippen LogP contribution in [-0.2, 0) is 60.1 Å². The maximum absolute atomic E-state index is 12.7. The maximum atomic E-state index is 12.7. The average molecular weight is 1340 g/mol. The zero-order chi connectivity index (χ0) is 67.4. The SMILES string of the molecule is CC(=O)c1cnc(Cl)nc1C(F)(F)F.CC(=O)c1cnc(N2CCn3c(nc4ccc(S(C)(=O)=O)cc43)C2C(C)C)nc1C.CC(C)C1NCCn2c1nc1ccc(S(C)(=O)=O)cc12.CC(C)C1c2nc3ccc(S(C)(=O)=O)cc3n2CCN1C(=O)OC(C)(C)C. The summed E-state index contributed by atoms with van der Waals surface area (Å²) >= 11 is 5.19. The molecule has 1 amide bonds. The first kappa shape index (κ1) is 69.4. The molecule has 8 heterocycles. The van der Waals surface area contributed by atoms with Crippen molar-refractivity contribution in [3.8, 4) is 0 Å². The first-order chi connectivity index (χ1) is 42.2. The molecule has 3 aliphatic heterocycles. The van der Waals surface area contributed by atoms with Gasteiger partial charge in [-0.25, -0.2) is 64.9 Å². The fourth-order valence-corrected chi connectivity index (χ4v) is 13.3. The summed E-state index contributed by atoms with van der Waals surface area (Å²) in [6, 6.07) is 15.1. The number of benzene rings is 3. The molecule has 3 atom stereocenters. The van der Waals surface area contributed by atoms with Gasteiger partial charge in [-0.3, -0.25) is 14.5 Å². The fourth-order valence-electron chi connectivity index (χ4n) is 11.2. The predicted molar refractivity (Wildman–Crippen MR) is 338 cm³/mol. The zero-order valence-electron chi connectivity index (χ0n) is 53.2. The maximum Gasteiger partial charge on any atom is 0.434 e. The van der Waals surface area contributed by atoms with E-state index in [1.54, 1.807) is 65.7 Å². The number of imidazole rings is 3. The molecule has 0 aliphatic carbocycles. The summed E-state index contributed by atoms with van der Waals surface area (Å²) < 4.78 is 120. The second kappa shape index (κ2) is 26.3. The normalized spacial score (nSPS) is 17.0. The Hall–Kier alpha value is -7.47. The van der Waals surface area contributed by atoms with Crippen LogP contribution in [0.1, 0.15) is 144 Å². The summed E-state index contributed by atoms with van der Waals surface area (Å²) in [5.41, 5.74) is 3.61. The van der Waals surface area contributed by atoms with E-state index in [1.165, 1.54) is 25.7 Å². The Labute approximate surface area is 532 Å². The number of aromatic nitrogens is 10. The lowest BCUT2D eigenvalue weighted by Gasteiger charge is -2.38. The van der Waals surface area contributed by atoms with E-state index in [9.17, 15) is 52.8 Å². The van der Waals surface area contributed by atoms with Gasteiger partial charge in [0.25, 0.3) is 0 Å². The number of sulfone groups is 3.